The molecule has 2 unspecified atom stereocenters. The minimum atomic E-state index is 0.582. The van der Waals surface area contributed by atoms with Crippen LogP contribution in [0.2, 0.25) is 0 Å². The SMILES string of the molecule is CCCCCCCCC1=CC(C)NC(C)C1. The molecular formula is C15H29N. The predicted octanol–water partition coefficient (Wildman–Crippen LogP) is 4.43. The summed E-state index contributed by atoms with van der Waals surface area (Å²) in [5, 5.41) is 3.55. The van der Waals surface area contributed by atoms with Crippen LogP contribution in [0.1, 0.15) is 72.1 Å². The number of rotatable bonds is 7. The van der Waals surface area contributed by atoms with E-state index in [0.29, 0.717) is 12.1 Å². The van der Waals surface area contributed by atoms with Crippen LogP contribution in [0.25, 0.3) is 0 Å². The van der Waals surface area contributed by atoms with E-state index in [1.54, 1.807) is 5.57 Å². The minimum Gasteiger partial charge on any atom is -0.308 e. The van der Waals surface area contributed by atoms with Crippen LogP contribution in [0.4, 0.5) is 0 Å². The Bertz CT molecular complexity index is 207. The Morgan fingerprint density at radius 3 is 2.50 bits per heavy atom. The van der Waals surface area contributed by atoms with E-state index in [9.17, 15) is 0 Å². The second-order valence-electron chi connectivity index (χ2n) is 5.40. The smallest absolute Gasteiger partial charge is 0.0226 e. The van der Waals surface area contributed by atoms with Crippen molar-refractivity contribution in [3.8, 4) is 0 Å². The highest BCUT2D eigenvalue weighted by atomic mass is 14.9. The van der Waals surface area contributed by atoms with Crippen molar-refractivity contribution in [3.63, 3.8) is 0 Å². The van der Waals surface area contributed by atoms with E-state index < -0.39 is 0 Å². The molecule has 0 spiro atoms. The molecule has 16 heavy (non-hydrogen) atoms. The Kier molecular flexibility index (Phi) is 6.79. The van der Waals surface area contributed by atoms with Crippen molar-refractivity contribution in [3.05, 3.63) is 11.6 Å². The van der Waals surface area contributed by atoms with Gasteiger partial charge in [-0.1, -0.05) is 50.7 Å². The molecule has 1 nitrogen and oxygen atoms in total. The fourth-order valence-electron chi connectivity index (χ4n) is 2.69. The zero-order chi connectivity index (χ0) is 11.8. The maximum Gasteiger partial charge on any atom is 0.0226 e. The third-order valence-electron chi connectivity index (χ3n) is 3.45. The molecule has 0 radical (unpaired) electrons. The van der Waals surface area contributed by atoms with Gasteiger partial charge in [-0.15, -0.1) is 0 Å². The maximum absolute atomic E-state index is 3.55. The zero-order valence-electron chi connectivity index (χ0n) is 11.4. The molecule has 0 aromatic carbocycles. The average molecular weight is 223 g/mol. The summed E-state index contributed by atoms with van der Waals surface area (Å²) in [7, 11) is 0. The third kappa shape index (κ3) is 5.69. The zero-order valence-corrected chi connectivity index (χ0v) is 11.4. The molecule has 0 saturated carbocycles. The lowest BCUT2D eigenvalue weighted by Crippen LogP contribution is -2.37. The highest BCUT2D eigenvalue weighted by Gasteiger charge is 2.14. The van der Waals surface area contributed by atoms with Gasteiger partial charge in [-0.2, -0.15) is 0 Å². The monoisotopic (exact) mass is 223 g/mol. The van der Waals surface area contributed by atoms with Gasteiger partial charge in [0.25, 0.3) is 0 Å². The lowest BCUT2D eigenvalue weighted by atomic mass is 9.95. The van der Waals surface area contributed by atoms with Gasteiger partial charge in [-0.25, -0.2) is 0 Å². The molecular weight excluding hydrogens is 194 g/mol. The van der Waals surface area contributed by atoms with E-state index in [0.717, 1.165) is 0 Å². The largest absolute Gasteiger partial charge is 0.308 e. The predicted molar refractivity (Wildman–Crippen MR) is 72.8 cm³/mol. The number of nitrogens with one attached hydrogen (secondary N) is 1. The summed E-state index contributed by atoms with van der Waals surface area (Å²) in [5.41, 5.74) is 1.69. The van der Waals surface area contributed by atoms with Gasteiger partial charge < -0.3 is 5.32 Å². The topological polar surface area (TPSA) is 12.0 Å². The highest BCUT2D eigenvalue weighted by molar-refractivity contribution is 5.12. The molecule has 0 aliphatic carbocycles. The molecule has 0 aromatic heterocycles. The average Bonchev–Trinajstić information content (AvgIpc) is 2.22. The first-order chi connectivity index (χ1) is 7.72. The van der Waals surface area contributed by atoms with Gasteiger partial charge >= 0.3 is 0 Å². The number of hydrogen-bond donors (Lipinski definition) is 1. The molecule has 1 heteroatoms. The van der Waals surface area contributed by atoms with Gasteiger partial charge in [0.15, 0.2) is 0 Å². The molecule has 0 saturated heterocycles. The van der Waals surface area contributed by atoms with E-state index in [1.807, 2.05) is 0 Å². The summed E-state index contributed by atoms with van der Waals surface area (Å²) in [6.07, 6.45) is 13.5. The second-order valence-corrected chi connectivity index (χ2v) is 5.40. The van der Waals surface area contributed by atoms with Crippen molar-refractivity contribution in [1.29, 1.82) is 0 Å². The van der Waals surface area contributed by atoms with Gasteiger partial charge in [-0.3, -0.25) is 0 Å². The summed E-state index contributed by atoms with van der Waals surface area (Å²) in [6.45, 7) is 6.84. The molecule has 0 amide bonds. The molecule has 0 aromatic rings. The molecule has 94 valence electrons. The first kappa shape index (κ1) is 13.8. The molecule has 0 bridgehead atoms. The number of unbranched alkanes of at least 4 members (excludes halogenated alkanes) is 5. The van der Waals surface area contributed by atoms with Gasteiger partial charge in [0.2, 0.25) is 0 Å². The van der Waals surface area contributed by atoms with Crippen LogP contribution in [-0.2, 0) is 0 Å². The summed E-state index contributed by atoms with van der Waals surface area (Å²) in [4.78, 5) is 0. The van der Waals surface area contributed by atoms with Crippen LogP contribution in [0.5, 0.6) is 0 Å². The minimum absolute atomic E-state index is 0.582. The lowest BCUT2D eigenvalue weighted by Gasteiger charge is -2.25. The quantitative estimate of drug-likeness (QED) is 0.497. The normalized spacial score (nSPS) is 25.6. The third-order valence-corrected chi connectivity index (χ3v) is 3.45. The molecule has 1 aliphatic rings. The van der Waals surface area contributed by atoms with E-state index in [-0.39, 0.29) is 0 Å². The van der Waals surface area contributed by atoms with Crippen LogP contribution >= 0.6 is 0 Å². The van der Waals surface area contributed by atoms with Crippen LogP contribution < -0.4 is 5.32 Å². The second kappa shape index (κ2) is 7.89. The van der Waals surface area contributed by atoms with Crippen LogP contribution in [0, 0.1) is 0 Å². The molecule has 1 N–H and O–H groups in total. The van der Waals surface area contributed by atoms with Gasteiger partial charge in [0.1, 0.15) is 0 Å². The van der Waals surface area contributed by atoms with E-state index >= 15 is 0 Å². The van der Waals surface area contributed by atoms with Gasteiger partial charge in [0.05, 0.1) is 0 Å². The highest BCUT2D eigenvalue weighted by Crippen LogP contribution is 2.20. The number of hydrogen-bond acceptors (Lipinski definition) is 1. The summed E-state index contributed by atoms with van der Waals surface area (Å²) >= 11 is 0. The van der Waals surface area contributed by atoms with E-state index in [4.69, 9.17) is 0 Å². The van der Waals surface area contributed by atoms with Crippen molar-refractivity contribution >= 4 is 0 Å². The van der Waals surface area contributed by atoms with Crippen LogP contribution in [0.3, 0.4) is 0 Å². The Morgan fingerprint density at radius 2 is 1.81 bits per heavy atom. The lowest BCUT2D eigenvalue weighted by molar-refractivity contribution is 0.472. The van der Waals surface area contributed by atoms with Crippen molar-refractivity contribution in [1.82, 2.24) is 5.32 Å². The summed E-state index contributed by atoms with van der Waals surface area (Å²) < 4.78 is 0. The van der Waals surface area contributed by atoms with Gasteiger partial charge in [0, 0.05) is 12.1 Å². The van der Waals surface area contributed by atoms with Crippen molar-refractivity contribution in [2.45, 2.75) is 84.2 Å². The standard InChI is InChI=1S/C15H29N/c1-4-5-6-7-8-9-10-15-11-13(2)16-14(3)12-15/h11,13-14,16H,4-10,12H2,1-3H3. The maximum atomic E-state index is 3.55. The first-order valence-corrected chi connectivity index (χ1v) is 7.18. The Balaban J connectivity index is 2.08. The Hall–Kier alpha value is -0.300. The molecule has 1 rings (SSSR count). The summed E-state index contributed by atoms with van der Waals surface area (Å²) in [6, 6.07) is 1.26. The Morgan fingerprint density at radius 1 is 1.12 bits per heavy atom. The van der Waals surface area contributed by atoms with Crippen molar-refractivity contribution < 1.29 is 0 Å². The fourth-order valence-corrected chi connectivity index (χ4v) is 2.69. The molecule has 2 atom stereocenters. The van der Waals surface area contributed by atoms with Crippen LogP contribution in [0.15, 0.2) is 11.6 Å². The van der Waals surface area contributed by atoms with Crippen LogP contribution in [-0.4, -0.2) is 12.1 Å². The van der Waals surface area contributed by atoms with E-state index in [2.05, 4.69) is 32.2 Å². The first-order valence-electron chi connectivity index (χ1n) is 7.18. The molecule has 1 heterocycles. The summed E-state index contributed by atoms with van der Waals surface area (Å²) in [5.74, 6) is 0. The molecule has 1 aliphatic heterocycles. The Labute approximate surface area is 102 Å². The molecule has 0 fully saturated rings. The van der Waals surface area contributed by atoms with Crippen molar-refractivity contribution in [2.24, 2.45) is 0 Å². The van der Waals surface area contributed by atoms with Crippen molar-refractivity contribution in [2.75, 3.05) is 0 Å². The van der Waals surface area contributed by atoms with E-state index in [1.165, 1.54) is 51.4 Å². The van der Waals surface area contributed by atoms with Gasteiger partial charge in [-0.05, 0) is 33.1 Å². The fraction of sp³-hybridized carbons (Fsp3) is 0.867.